The van der Waals surface area contributed by atoms with Gasteiger partial charge < -0.3 is 14.6 Å². The third-order valence-corrected chi connectivity index (χ3v) is 2.05. The van der Waals surface area contributed by atoms with Crippen LogP contribution >= 0.6 is 0 Å². The smallest absolute Gasteiger partial charge is 0.0745 e. The van der Waals surface area contributed by atoms with Gasteiger partial charge in [-0.3, -0.25) is 0 Å². The maximum Gasteiger partial charge on any atom is 0.0745 e. The molecule has 0 aliphatic carbocycles. The normalized spacial score (nSPS) is 22.5. The van der Waals surface area contributed by atoms with Crippen LogP contribution in [0.25, 0.3) is 0 Å². The molecule has 72 valence electrons. The molecule has 1 N–H and O–H groups in total. The summed E-state index contributed by atoms with van der Waals surface area (Å²) < 4.78 is 10.6. The van der Waals surface area contributed by atoms with Gasteiger partial charge in [0.1, 0.15) is 0 Å². The molecule has 3 nitrogen and oxygen atoms in total. The fourth-order valence-electron chi connectivity index (χ4n) is 1.32. The minimum absolute atomic E-state index is 0.343. The van der Waals surface area contributed by atoms with Gasteiger partial charge in [0.2, 0.25) is 0 Å². The van der Waals surface area contributed by atoms with Crippen LogP contribution in [0, 0.1) is 5.92 Å². The lowest BCUT2D eigenvalue weighted by molar-refractivity contribution is -0.00466. The maximum atomic E-state index is 8.93. The van der Waals surface area contributed by atoms with Crippen LogP contribution < -0.4 is 0 Å². The summed E-state index contributed by atoms with van der Waals surface area (Å²) in [6, 6.07) is 0. The molecule has 0 aromatic heterocycles. The summed E-state index contributed by atoms with van der Waals surface area (Å²) in [7, 11) is 0. The van der Waals surface area contributed by atoms with E-state index in [9.17, 15) is 0 Å². The summed E-state index contributed by atoms with van der Waals surface area (Å²) in [6.45, 7) is 4.70. The predicted molar refractivity (Wildman–Crippen MR) is 46.0 cm³/mol. The van der Waals surface area contributed by atoms with Gasteiger partial charge in [-0.25, -0.2) is 0 Å². The lowest BCUT2D eigenvalue weighted by atomic mass is 10.0. The highest BCUT2D eigenvalue weighted by Gasteiger charge is 2.13. The lowest BCUT2D eigenvalue weighted by Crippen LogP contribution is -2.22. The van der Waals surface area contributed by atoms with Crippen molar-refractivity contribution in [3.63, 3.8) is 0 Å². The van der Waals surface area contributed by atoms with Crippen molar-refractivity contribution < 1.29 is 14.6 Å². The Balaban J connectivity index is 1.98. The van der Waals surface area contributed by atoms with E-state index in [1.807, 2.05) is 0 Å². The molecular weight excluding hydrogens is 156 g/mol. The largest absolute Gasteiger partial charge is 0.391 e. The third-order valence-electron chi connectivity index (χ3n) is 2.05. The molecule has 0 aromatic carbocycles. The van der Waals surface area contributed by atoms with Crippen LogP contribution in [-0.4, -0.2) is 37.6 Å². The number of hydrogen-bond donors (Lipinski definition) is 1. The van der Waals surface area contributed by atoms with E-state index in [4.69, 9.17) is 14.6 Å². The third kappa shape index (κ3) is 4.04. The number of ether oxygens (including phenoxy) is 2. The molecule has 0 saturated carbocycles. The van der Waals surface area contributed by atoms with Gasteiger partial charge in [0, 0.05) is 19.8 Å². The Bertz CT molecular complexity index is 108. The minimum atomic E-state index is -0.343. The summed E-state index contributed by atoms with van der Waals surface area (Å²) in [5.74, 6) is 0.637. The molecule has 0 amide bonds. The van der Waals surface area contributed by atoms with Crippen molar-refractivity contribution in [2.45, 2.75) is 25.9 Å². The first-order chi connectivity index (χ1) is 5.79. The molecule has 0 bridgehead atoms. The summed E-state index contributed by atoms with van der Waals surface area (Å²) in [4.78, 5) is 0. The number of aliphatic hydroxyl groups is 1. The average molecular weight is 174 g/mol. The molecule has 1 rings (SSSR count). The molecule has 3 heteroatoms. The van der Waals surface area contributed by atoms with E-state index >= 15 is 0 Å². The molecular formula is C9H18O3. The minimum Gasteiger partial charge on any atom is -0.391 e. The summed E-state index contributed by atoms with van der Waals surface area (Å²) >= 11 is 0. The van der Waals surface area contributed by atoms with Crippen molar-refractivity contribution in [2.24, 2.45) is 5.92 Å². The summed E-state index contributed by atoms with van der Waals surface area (Å²) in [6.07, 6.45) is 1.85. The quantitative estimate of drug-likeness (QED) is 0.685. The molecule has 0 radical (unpaired) electrons. The van der Waals surface area contributed by atoms with Crippen molar-refractivity contribution in [2.75, 3.05) is 26.4 Å². The van der Waals surface area contributed by atoms with Crippen molar-refractivity contribution >= 4 is 0 Å². The zero-order chi connectivity index (χ0) is 8.81. The van der Waals surface area contributed by atoms with Crippen LogP contribution in [-0.2, 0) is 9.47 Å². The molecule has 1 heterocycles. The Morgan fingerprint density at radius 1 is 1.50 bits per heavy atom. The molecule has 1 aliphatic rings. The Labute approximate surface area is 73.7 Å². The lowest BCUT2D eigenvalue weighted by Gasteiger charge is -2.21. The van der Waals surface area contributed by atoms with Crippen molar-refractivity contribution in [3.05, 3.63) is 0 Å². The van der Waals surface area contributed by atoms with E-state index in [1.54, 1.807) is 6.92 Å². The fraction of sp³-hybridized carbons (Fsp3) is 1.00. The zero-order valence-electron chi connectivity index (χ0n) is 7.66. The van der Waals surface area contributed by atoms with Gasteiger partial charge >= 0.3 is 0 Å². The molecule has 1 aliphatic heterocycles. The SMILES string of the molecule is C[C@@H](O)COCC1CCOCC1. The Kier molecular flexibility index (Phi) is 4.58. The average Bonchev–Trinajstić information content (AvgIpc) is 2.05. The first-order valence-corrected chi connectivity index (χ1v) is 4.62. The van der Waals surface area contributed by atoms with Crippen LogP contribution in [0.3, 0.4) is 0 Å². The highest BCUT2D eigenvalue weighted by molar-refractivity contribution is 4.62. The highest BCUT2D eigenvalue weighted by Crippen LogP contribution is 2.14. The Hall–Kier alpha value is -0.120. The second kappa shape index (κ2) is 5.51. The molecule has 0 aromatic rings. The van der Waals surface area contributed by atoms with E-state index in [0.717, 1.165) is 32.7 Å². The number of hydrogen-bond acceptors (Lipinski definition) is 3. The van der Waals surface area contributed by atoms with Gasteiger partial charge in [0.05, 0.1) is 12.7 Å². The number of aliphatic hydroxyl groups excluding tert-OH is 1. The fourth-order valence-corrected chi connectivity index (χ4v) is 1.32. The topological polar surface area (TPSA) is 38.7 Å². The van der Waals surface area contributed by atoms with Gasteiger partial charge in [-0.1, -0.05) is 0 Å². The van der Waals surface area contributed by atoms with E-state index in [2.05, 4.69) is 0 Å². The molecule has 1 fully saturated rings. The molecule has 12 heavy (non-hydrogen) atoms. The van der Waals surface area contributed by atoms with E-state index in [1.165, 1.54) is 0 Å². The van der Waals surface area contributed by atoms with Gasteiger partial charge in [0.25, 0.3) is 0 Å². The highest BCUT2D eigenvalue weighted by atomic mass is 16.5. The second-order valence-corrected chi connectivity index (χ2v) is 3.44. The number of rotatable bonds is 4. The summed E-state index contributed by atoms with van der Waals surface area (Å²) in [5, 5.41) is 8.93. The van der Waals surface area contributed by atoms with Crippen LogP contribution in [0.15, 0.2) is 0 Å². The Morgan fingerprint density at radius 2 is 2.17 bits per heavy atom. The molecule has 0 unspecified atom stereocenters. The van der Waals surface area contributed by atoms with E-state index in [-0.39, 0.29) is 6.10 Å². The van der Waals surface area contributed by atoms with E-state index in [0.29, 0.717) is 12.5 Å². The van der Waals surface area contributed by atoms with Crippen molar-refractivity contribution in [1.82, 2.24) is 0 Å². The van der Waals surface area contributed by atoms with Crippen LogP contribution in [0.2, 0.25) is 0 Å². The van der Waals surface area contributed by atoms with Crippen molar-refractivity contribution in [1.29, 1.82) is 0 Å². The van der Waals surface area contributed by atoms with Gasteiger partial charge in [-0.2, -0.15) is 0 Å². The zero-order valence-corrected chi connectivity index (χ0v) is 7.66. The predicted octanol–water partition coefficient (Wildman–Crippen LogP) is 0.810. The van der Waals surface area contributed by atoms with Gasteiger partial charge in [-0.05, 0) is 25.7 Å². The van der Waals surface area contributed by atoms with Crippen LogP contribution in [0.1, 0.15) is 19.8 Å². The van der Waals surface area contributed by atoms with Gasteiger partial charge in [-0.15, -0.1) is 0 Å². The Morgan fingerprint density at radius 3 is 2.75 bits per heavy atom. The molecule has 1 saturated heterocycles. The van der Waals surface area contributed by atoms with E-state index < -0.39 is 0 Å². The molecule has 1 atom stereocenters. The monoisotopic (exact) mass is 174 g/mol. The first-order valence-electron chi connectivity index (χ1n) is 4.62. The van der Waals surface area contributed by atoms with Crippen molar-refractivity contribution in [3.8, 4) is 0 Å². The van der Waals surface area contributed by atoms with Crippen LogP contribution in [0.5, 0.6) is 0 Å². The molecule has 0 spiro atoms. The summed E-state index contributed by atoms with van der Waals surface area (Å²) in [5.41, 5.74) is 0. The standard InChI is InChI=1S/C9H18O3/c1-8(10)6-12-7-9-2-4-11-5-3-9/h8-10H,2-7H2,1H3/t8-/m1/s1. The maximum absolute atomic E-state index is 8.93. The first kappa shape index (κ1) is 9.96. The second-order valence-electron chi connectivity index (χ2n) is 3.44. The van der Waals surface area contributed by atoms with Crippen LogP contribution in [0.4, 0.5) is 0 Å². The van der Waals surface area contributed by atoms with Gasteiger partial charge in [0.15, 0.2) is 0 Å².